The van der Waals surface area contributed by atoms with Gasteiger partial charge in [0.2, 0.25) is 0 Å². The van der Waals surface area contributed by atoms with Gasteiger partial charge in [-0.3, -0.25) is 4.79 Å². The van der Waals surface area contributed by atoms with Crippen LogP contribution in [0.2, 0.25) is 0 Å². The Morgan fingerprint density at radius 1 is 1.00 bits per heavy atom. The van der Waals surface area contributed by atoms with Crippen LogP contribution >= 0.6 is 0 Å². The van der Waals surface area contributed by atoms with E-state index in [0.717, 1.165) is 5.69 Å². The Morgan fingerprint density at radius 2 is 1.68 bits per heavy atom. The standard InChI is InChI=1S/C20H19N3O5/c1-26-17-11-15(20(25)28-3)16(12-18(17)27-2)22-19(24)13-5-7-14(8-6-13)23-10-4-9-21-23/h4-12H,1-3H3,(H,22,24). The van der Waals surface area contributed by atoms with Gasteiger partial charge < -0.3 is 19.5 Å². The molecule has 0 fully saturated rings. The molecule has 1 amide bonds. The van der Waals surface area contributed by atoms with Crippen LogP contribution in [0.1, 0.15) is 20.7 Å². The molecule has 0 saturated carbocycles. The quantitative estimate of drug-likeness (QED) is 0.660. The summed E-state index contributed by atoms with van der Waals surface area (Å²) in [5.41, 5.74) is 1.65. The van der Waals surface area contributed by atoms with E-state index in [1.54, 1.807) is 41.3 Å². The highest BCUT2D eigenvalue weighted by Crippen LogP contribution is 2.34. The molecule has 8 heteroatoms. The number of methoxy groups -OCH3 is 3. The largest absolute Gasteiger partial charge is 0.493 e. The number of carbonyl (C=O) groups excluding carboxylic acids is 2. The number of ether oxygens (including phenoxy) is 3. The summed E-state index contributed by atoms with van der Waals surface area (Å²) in [5.74, 6) is -0.265. The fourth-order valence-electron chi connectivity index (χ4n) is 2.64. The number of carbonyl (C=O) groups is 2. The van der Waals surface area contributed by atoms with Crippen LogP contribution in [0, 0.1) is 0 Å². The molecule has 0 atom stereocenters. The topological polar surface area (TPSA) is 91.7 Å². The smallest absolute Gasteiger partial charge is 0.340 e. The summed E-state index contributed by atoms with van der Waals surface area (Å²) in [7, 11) is 4.19. The molecule has 0 bridgehead atoms. The molecule has 0 radical (unpaired) electrons. The minimum Gasteiger partial charge on any atom is -0.493 e. The Hall–Kier alpha value is -3.81. The number of nitrogens with zero attached hydrogens (tertiary/aromatic N) is 2. The predicted molar refractivity (Wildman–Crippen MR) is 102 cm³/mol. The molecule has 2 aromatic carbocycles. The third kappa shape index (κ3) is 3.80. The summed E-state index contributed by atoms with van der Waals surface area (Å²) < 4.78 is 16.9. The lowest BCUT2D eigenvalue weighted by Gasteiger charge is -2.14. The fourth-order valence-corrected chi connectivity index (χ4v) is 2.64. The van der Waals surface area contributed by atoms with Gasteiger partial charge in [-0.25, -0.2) is 9.48 Å². The zero-order valence-corrected chi connectivity index (χ0v) is 15.6. The molecule has 0 saturated heterocycles. The van der Waals surface area contributed by atoms with Gasteiger partial charge in [-0.15, -0.1) is 0 Å². The molecule has 0 aliphatic rings. The highest BCUT2D eigenvalue weighted by Gasteiger charge is 2.19. The van der Waals surface area contributed by atoms with Crippen molar-refractivity contribution in [2.24, 2.45) is 0 Å². The van der Waals surface area contributed by atoms with Gasteiger partial charge in [-0.1, -0.05) is 0 Å². The van der Waals surface area contributed by atoms with Crippen LogP contribution in [0.5, 0.6) is 11.5 Å². The Morgan fingerprint density at radius 3 is 2.25 bits per heavy atom. The third-order valence-electron chi connectivity index (χ3n) is 4.08. The average molecular weight is 381 g/mol. The van der Waals surface area contributed by atoms with Gasteiger partial charge in [0, 0.05) is 30.1 Å². The third-order valence-corrected chi connectivity index (χ3v) is 4.08. The number of hydrogen-bond donors (Lipinski definition) is 1. The summed E-state index contributed by atoms with van der Waals surface area (Å²) >= 11 is 0. The van der Waals surface area contributed by atoms with Crippen LogP contribution in [-0.2, 0) is 4.74 Å². The molecule has 0 aliphatic carbocycles. The van der Waals surface area contributed by atoms with Crippen molar-refractivity contribution < 1.29 is 23.8 Å². The van der Waals surface area contributed by atoms with E-state index in [2.05, 4.69) is 10.4 Å². The lowest BCUT2D eigenvalue weighted by molar-refractivity contribution is 0.0601. The van der Waals surface area contributed by atoms with E-state index in [1.807, 2.05) is 6.07 Å². The first-order valence-corrected chi connectivity index (χ1v) is 8.33. The van der Waals surface area contributed by atoms with Crippen molar-refractivity contribution in [3.63, 3.8) is 0 Å². The molecule has 1 N–H and O–H groups in total. The zero-order valence-electron chi connectivity index (χ0n) is 15.6. The minimum absolute atomic E-state index is 0.154. The Labute approximate surface area is 161 Å². The van der Waals surface area contributed by atoms with Gasteiger partial charge in [-0.2, -0.15) is 5.10 Å². The maximum atomic E-state index is 12.7. The van der Waals surface area contributed by atoms with Crippen LogP contribution in [0.4, 0.5) is 5.69 Å². The molecule has 144 valence electrons. The van der Waals surface area contributed by atoms with Crippen molar-refractivity contribution >= 4 is 17.6 Å². The Balaban J connectivity index is 1.89. The summed E-state index contributed by atoms with van der Waals surface area (Å²) in [4.78, 5) is 24.8. The first-order valence-electron chi connectivity index (χ1n) is 8.33. The molecular weight excluding hydrogens is 362 g/mol. The lowest BCUT2D eigenvalue weighted by atomic mass is 10.1. The monoisotopic (exact) mass is 381 g/mol. The number of amides is 1. The van der Waals surface area contributed by atoms with Crippen molar-refractivity contribution in [3.8, 4) is 17.2 Å². The summed E-state index contributed by atoms with van der Waals surface area (Å²) in [5, 5.41) is 6.87. The molecule has 3 rings (SSSR count). The number of anilines is 1. The second-order valence-electron chi connectivity index (χ2n) is 5.70. The molecule has 0 aliphatic heterocycles. The van der Waals surface area contributed by atoms with Gasteiger partial charge >= 0.3 is 5.97 Å². The van der Waals surface area contributed by atoms with Gasteiger partial charge in [0.05, 0.1) is 38.3 Å². The van der Waals surface area contributed by atoms with Crippen molar-refractivity contribution in [1.82, 2.24) is 9.78 Å². The van der Waals surface area contributed by atoms with Crippen molar-refractivity contribution in [1.29, 1.82) is 0 Å². The number of esters is 1. The zero-order chi connectivity index (χ0) is 20.1. The Kier molecular flexibility index (Phi) is 5.59. The fraction of sp³-hybridized carbons (Fsp3) is 0.150. The van der Waals surface area contributed by atoms with E-state index in [4.69, 9.17) is 14.2 Å². The first kappa shape index (κ1) is 19.0. The molecule has 8 nitrogen and oxygen atoms in total. The van der Waals surface area contributed by atoms with Gasteiger partial charge in [0.1, 0.15) is 0 Å². The summed E-state index contributed by atoms with van der Waals surface area (Å²) in [6.45, 7) is 0. The molecule has 1 heterocycles. The van der Waals surface area contributed by atoms with Crippen molar-refractivity contribution in [2.45, 2.75) is 0 Å². The number of hydrogen-bond acceptors (Lipinski definition) is 6. The SMILES string of the molecule is COC(=O)c1cc(OC)c(OC)cc1NC(=O)c1ccc(-n2cccn2)cc1. The van der Waals surface area contributed by atoms with E-state index < -0.39 is 5.97 Å². The van der Waals surface area contributed by atoms with Crippen molar-refractivity contribution in [2.75, 3.05) is 26.6 Å². The molecule has 3 aromatic rings. The van der Waals surface area contributed by atoms with Crippen LogP contribution in [0.3, 0.4) is 0 Å². The summed E-state index contributed by atoms with van der Waals surface area (Å²) in [6.07, 6.45) is 3.48. The second kappa shape index (κ2) is 8.26. The highest BCUT2D eigenvalue weighted by molar-refractivity contribution is 6.08. The molecular formula is C20H19N3O5. The normalized spacial score (nSPS) is 10.2. The van der Waals surface area contributed by atoms with Crippen LogP contribution < -0.4 is 14.8 Å². The predicted octanol–water partition coefficient (Wildman–Crippen LogP) is 2.93. The second-order valence-corrected chi connectivity index (χ2v) is 5.70. The summed E-state index contributed by atoms with van der Waals surface area (Å²) in [6, 6.07) is 11.7. The maximum Gasteiger partial charge on any atom is 0.340 e. The van der Waals surface area contributed by atoms with E-state index in [1.165, 1.54) is 33.5 Å². The lowest BCUT2D eigenvalue weighted by Crippen LogP contribution is -2.16. The van der Waals surface area contributed by atoms with Gasteiger partial charge in [0.25, 0.3) is 5.91 Å². The van der Waals surface area contributed by atoms with Gasteiger partial charge in [-0.05, 0) is 30.3 Å². The average Bonchev–Trinajstić information content (AvgIpc) is 3.27. The van der Waals surface area contributed by atoms with E-state index in [0.29, 0.717) is 17.1 Å². The van der Waals surface area contributed by atoms with E-state index in [-0.39, 0.29) is 17.2 Å². The first-order chi connectivity index (χ1) is 13.6. The maximum absolute atomic E-state index is 12.7. The minimum atomic E-state index is -0.606. The number of nitrogens with one attached hydrogen (secondary N) is 1. The van der Waals surface area contributed by atoms with Gasteiger partial charge in [0.15, 0.2) is 11.5 Å². The number of rotatable bonds is 6. The molecule has 1 aromatic heterocycles. The number of aromatic nitrogens is 2. The van der Waals surface area contributed by atoms with E-state index >= 15 is 0 Å². The Bertz CT molecular complexity index is 982. The molecule has 0 spiro atoms. The molecule has 0 unspecified atom stereocenters. The number of benzene rings is 2. The van der Waals surface area contributed by atoms with Crippen LogP contribution in [-0.4, -0.2) is 43.0 Å². The van der Waals surface area contributed by atoms with Crippen LogP contribution in [0.15, 0.2) is 54.9 Å². The molecule has 28 heavy (non-hydrogen) atoms. The van der Waals surface area contributed by atoms with Crippen LogP contribution in [0.25, 0.3) is 5.69 Å². The van der Waals surface area contributed by atoms with E-state index in [9.17, 15) is 9.59 Å². The highest BCUT2D eigenvalue weighted by atomic mass is 16.5. The van der Waals surface area contributed by atoms with Crippen molar-refractivity contribution in [3.05, 3.63) is 66.0 Å².